The number of nitrogens with zero attached hydrogens (tertiary/aromatic N) is 4. The summed E-state index contributed by atoms with van der Waals surface area (Å²) in [5.41, 5.74) is 2.34. The van der Waals surface area contributed by atoms with Gasteiger partial charge in [0, 0.05) is 17.8 Å². The second-order valence-corrected chi connectivity index (χ2v) is 6.96. The Hall–Kier alpha value is -3.78. The SMILES string of the molecule is O=C(NCc1nc2cccnc2n1Cc1ccccc1)c1ccc(Cl)c([N+](=O)[O-])c1. The minimum Gasteiger partial charge on any atom is -0.345 e. The highest BCUT2D eigenvalue weighted by Crippen LogP contribution is 2.25. The number of rotatable bonds is 6. The number of halogens is 1. The van der Waals surface area contributed by atoms with Crippen molar-refractivity contribution in [2.45, 2.75) is 13.1 Å². The van der Waals surface area contributed by atoms with E-state index in [1.165, 1.54) is 12.1 Å². The first-order valence-electron chi connectivity index (χ1n) is 9.09. The molecule has 0 saturated heterocycles. The molecule has 1 amide bonds. The highest BCUT2D eigenvalue weighted by atomic mass is 35.5. The van der Waals surface area contributed by atoms with Gasteiger partial charge in [0.2, 0.25) is 0 Å². The fourth-order valence-corrected chi connectivity index (χ4v) is 3.31. The highest BCUT2D eigenvalue weighted by molar-refractivity contribution is 6.32. The summed E-state index contributed by atoms with van der Waals surface area (Å²) in [5.74, 6) is 0.172. The second-order valence-electron chi connectivity index (χ2n) is 6.55. The summed E-state index contributed by atoms with van der Waals surface area (Å²) in [7, 11) is 0. The molecule has 150 valence electrons. The number of carbonyl (C=O) groups excluding carboxylic acids is 1. The van der Waals surface area contributed by atoms with Gasteiger partial charge in [-0.3, -0.25) is 14.9 Å². The molecular weight excluding hydrogens is 406 g/mol. The van der Waals surface area contributed by atoms with Gasteiger partial charge in [-0.2, -0.15) is 0 Å². The van der Waals surface area contributed by atoms with Crippen molar-refractivity contribution in [3.05, 3.63) is 98.9 Å². The van der Waals surface area contributed by atoms with Gasteiger partial charge in [0.15, 0.2) is 5.65 Å². The van der Waals surface area contributed by atoms with Crippen LogP contribution in [0.25, 0.3) is 11.2 Å². The molecule has 8 nitrogen and oxygen atoms in total. The van der Waals surface area contributed by atoms with E-state index in [1.54, 1.807) is 12.3 Å². The Balaban J connectivity index is 1.60. The molecule has 2 aromatic carbocycles. The van der Waals surface area contributed by atoms with Gasteiger partial charge >= 0.3 is 0 Å². The molecule has 0 aliphatic rings. The predicted octanol–water partition coefficient (Wildman–Crippen LogP) is 3.97. The molecule has 0 unspecified atom stereocenters. The molecule has 9 heteroatoms. The normalized spacial score (nSPS) is 10.8. The van der Waals surface area contributed by atoms with Crippen molar-refractivity contribution in [2.75, 3.05) is 0 Å². The smallest absolute Gasteiger partial charge is 0.288 e. The van der Waals surface area contributed by atoms with Crippen molar-refractivity contribution in [1.29, 1.82) is 0 Å². The van der Waals surface area contributed by atoms with Gasteiger partial charge in [0.1, 0.15) is 16.4 Å². The molecule has 4 rings (SSSR count). The first-order chi connectivity index (χ1) is 14.5. The zero-order chi connectivity index (χ0) is 21.1. The molecular formula is C21H16ClN5O3. The van der Waals surface area contributed by atoms with Crippen molar-refractivity contribution < 1.29 is 9.72 Å². The molecule has 0 saturated carbocycles. The maximum absolute atomic E-state index is 12.6. The molecule has 0 atom stereocenters. The molecule has 2 aromatic heterocycles. The number of nitro groups is 1. The Morgan fingerprint density at radius 2 is 1.93 bits per heavy atom. The van der Waals surface area contributed by atoms with Crippen LogP contribution in [0.15, 0.2) is 66.9 Å². The fourth-order valence-electron chi connectivity index (χ4n) is 3.13. The van der Waals surface area contributed by atoms with Crippen LogP contribution in [0.2, 0.25) is 5.02 Å². The number of hydrogen-bond acceptors (Lipinski definition) is 5. The number of benzene rings is 2. The van der Waals surface area contributed by atoms with Crippen LogP contribution in [0.4, 0.5) is 5.69 Å². The summed E-state index contributed by atoms with van der Waals surface area (Å²) >= 11 is 5.82. The van der Waals surface area contributed by atoms with Crippen LogP contribution in [-0.2, 0) is 13.1 Å². The Labute approximate surface area is 176 Å². The Morgan fingerprint density at radius 3 is 2.70 bits per heavy atom. The number of nitrogens with one attached hydrogen (secondary N) is 1. The Bertz CT molecular complexity index is 1240. The highest BCUT2D eigenvalue weighted by Gasteiger charge is 2.18. The monoisotopic (exact) mass is 421 g/mol. The number of aromatic nitrogens is 3. The van der Waals surface area contributed by atoms with E-state index in [1.807, 2.05) is 41.0 Å². The number of hydrogen-bond donors (Lipinski definition) is 1. The van der Waals surface area contributed by atoms with Crippen LogP contribution in [0.5, 0.6) is 0 Å². The van der Waals surface area contributed by atoms with E-state index in [0.29, 0.717) is 18.0 Å². The van der Waals surface area contributed by atoms with Gasteiger partial charge < -0.3 is 9.88 Å². The van der Waals surface area contributed by atoms with Gasteiger partial charge in [-0.25, -0.2) is 9.97 Å². The van der Waals surface area contributed by atoms with Gasteiger partial charge in [0.05, 0.1) is 18.0 Å². The first-order valence-corrected chi connectivity index (χ1v) is 9.47. The van der Waals surface area contributed by atoms with Gasteiger partial charge in [-0.15, -0.1) is 0 Å². The minimum atomic E-state index is -0.621. The fraction of sp³-hybridized carbons (Fsp3) is 0.0952. The number of nitro benzene ring substituents is 1. The van der Waals surface area contributed by atoms with Crippen molar-refractivity contribution in [3.8, 4) is 0 Å². The van der Waals surface area contributed by atoms with Crippen molar-refractivity contribution in [3.63, 3.8) is 0 Å². The third-order valence-electron chi connectivity index (χ3n) is 4.58. The van der Waals surface area contributed by atoms with E-state index in [9.17, 15) is 14.9 Å². The topological polar surface area (TPSA) is 103 Å². The summed E-state index contributed by atoms with van der Waals surface area (Å²) in [6, 6.07) is 17.5. The Morgan fingerprint density at radius 1 is 1.13 bits per heavy atom. The van der Waals surface area contributed by atoms with Gasteiger partial charge in [-0.1, -0.05) is 41.9 Å². The number of amides is 1. The van der Waals surface area contributed by atoms with Gasteiger partial charge in [-0.05, 0) is 29.8 Å². The molecule has 0 bridgehead atoms. The standard InChI is InChI=1S/C21H16ClN5O3/c22-16-9-8-15(11-18(16)27(29)30)21(28)24-12-19-25-17-7-4-10-23-20(17)26(19)13-14-5-2-1-3-6-14/h1-11H,12-13H2,(H,24,28). The molecule has 0 spiro atoms. The number of carbonyl (C=O) groups is 1. The summed E-state index contributed by atoms with van der Waals surface area (Å²) < 4.78 is 1.94. The number of imidazole rings is 1. The molecule has 0 aliphatic carbocycles. The van der Waals surface area contributed by atoms with E-state index < -0.39 is 10.8 Å². The zero-order valence-corrected chi connectivity index (χ0v) is 16.4. The largest absolute Gasteiger partial charge is 0.345 e. The third kappa shape index (κ3) is 3.99. The maximum atomic E-state index is 12.6. The number of pyridine rings is 1. The van der Waals surface area contributed by atoms with E-state index in [0.717, 1.165) is 17.1 Å². The molecule has 0 fully saturated rings. The van der Waals surface area contributed by atoms with E-state index in [4.69, 9.17) is 11.6 Å². The third-order valence-corrected chi connectivity index (χ3v) is 4.90. The average Bonchev–Trinajstić information content (AvgIpc) is 3.10. The van der Waals surface area contributed by atoms with Crippen LogP contribution in [0.3, 0.4) is 0 Å². The predicted molar refractivity (Wildman–Crippen MR) is 112 cm³/mol. The van der Waals surface area contributed by atoms with Crippen molar-refractivity contribution in [2.24, 2.45) is 0 Å². The van der Waals surface area contributed by atoms with Crippen LogP contribution in [0.1, 0.15) is 21.7 Å². The van der Waals surface area contributed by atoms with Crippen LogP contribution in [0, 0.1) is 10.1 Å². The number of fused-ring (bicyclic) bond motifs is 1. The first kappa shape index (κ1) is 19.5. The lowest BCUT2D eigenvalue weighted by Crippen LogP contribution is -2.25. The van der Waals surface area contributed by atoms with E-state index in [2.05, 4.69) is 15.3 Å². The Kier molecular flexibility index (Phi) is 5.40. The average molecular weight is 422 g/mol. The van der Waals surface area contributed by atoms with Crippen LogP contribution >= 0.6 is 11.6 Å². The molecule has 0 radical (unpaired) electrons. The molecule has 4 aromatic rings. The zero-order valence-electron chi connectivity index (χ0n) is 15.7. The lowest BCUT2D eigenvalue weighted by molar-refractivity contribution is -0.384. The van der Waals surface area contributed by atoms with Crippen molar-refractivity contribution in [1.82, 2.24) is 19.9 Å². The lowest BCUT2D eigenvalue weighted by Gasteiger charge is -2.10. The molecule has 1 N–H and O–H groups in total. The quantitative estimate of drug-likeness (QED) is 0.374. The summed E-state index contributed by atoms with van der Waals surface area (Å²) in [6.45, 7) is 0.685. The van der Waals surface area contributed by atoms with E-state index in [-0.39, 0.29) is 22.8 Å². The maximum Gasteiger partial charge on any atom is 0.288 e. The molecule has 2 heterocycles. The van der Waals surface area contributed by atoms with Crippen LogP contribution < -0.4 is 5.32 Å². The van der Waals surface area contributed by atoms with Crippen molar-refractivity contribution >= 4 is 34.4 Å². The summed E-state index contributed by atoms with van der Waals surface area (Å²) in [4.78, 5) is 32.0. The molecule has 30 heavy (non-hydrogen) atoms. The summed E-state index contributed by atoms with van der Waals surface area (Å²) in [5, 5.41) is 13.8. The van der Waals surface area contributed by atoms with Gasteiger partial charge in [0.25, 0.3) is 11.6 Å². The second kappa shape index (κ2) is 8.30. The minimum absolute atomic E-state index is 0.0210. The van der Waals surface area contributed by atoms with Crippen LogP contribution in [-0.4, -0.2) is 25.4 Å². The lowest BCUT2D eigenvalue weighted by atomic mass is 10.2. The molecule has 0 aliphatic heterocycles. The summed E-state index contributed by atoms with van der Waals surface area (Å²) in [6.07, 6.45) is 1.70. The van der Waals surface area contributed by atoms with E-state index >= 15 is 0 Å².